The maximum absolute atomic E-state index is 12.5. The standard InChI is InChI=1S/C18H21N7O2/c1-24-18(22-16(23-24)12-6-8-19-9-7-12)21-15(26)10-25-11-20-14-5-3-2-4-13(14)17(25)27/h2-5,11-12,19H,6-10H2,1H3,(H,21,22,23,26). The molecule has 2 aromatic heterocycles. The Labute approximate surface area is 155 Å². The topological polar surface area (TPSA) is 107 Å². The number of carbonyl (C=O) groups is 1. The lowest BCUT2D eigenvalue weighted by atomic mass is 9.98. The number of fused-ring (bicyclic) bond motifs is 1. The highest BCUT2D eigenvalue weighted by atomic mass is 16.2. The van der Waals surface area contributed by atoms with Gasteiger partial charge in [0, 0.05) is 13.0 Å². The SMILES string of the molecule is Cn1nc(C2CCNCC2)nc1NC(=O)Cn1cnc2ccccc2c1=O. The molecule has 3 aromatic rings. The number of piperidine rings is 1. The van der Waals surface area contributed by atoms with E-state index in [1.165, 1.54) is 10.9 Å². The van der Waals surface area contributed by atoms with Crippen LogP contribution in [0, 0.1) is 0 Å². The van der Waals surface area contributed by atoms with Gasteiger partial charge in [0.25, 0.3) is 5.56 Å². The van der Waals surface area contributed by atoms with Crippen molar-refractivity contribution in [3.05, 3.63) is 46.8 Å². The molecule has 1 aromatic carbocycles. The normalized spacial score (nSPS) is 15.1. The summed E-state index contributed by atoms with van der Waals surface area (Å²) in [7, 11) is 1.75. The number of para-hydroxylation sites is 1. The van der Waals surface area contributed by atoms with E-state index in [-0.39, 0.29) is 18.0 Å². The molecule has 0 atom stereocenters. The van der Waals surface area contributed by atoms with Crippen LogP contribution < -0.4 is 16.2 Å². The van der Waals surface area contributed by atoms with Crippen LogP contribution in [-0.4, -0.2) is 43.3 Å². The summed E-state index contributed by atoms with van der Waals surface area (Å²) in [6, 6.07) is 7.06. The first-order valence-electron chi connectivity index (χ1n) is 8.97. The average molecular weight is 367 g/mol. The van der Waals surface area contributed by atoms with Crippen LogP contribution in [-0.2, 0) is 18.4 Å². The van der Waals surface area contributed by atoms with Gasteiger partial charge in [-0.2, -0.15) is 10.1 Å². The van der Waals surface area contributed by atoms with Crippen LogP contribution in [0.4, 0.5) is 5.95 Å². The van der Waals surface area contributed by atoms with E-state index in [1.807, 2.05) is 6.07 Å². The Balaban J connectivity index is 1.49. The molecule has 2 N–H and O–H groups in total. The molecule has 1 fully saturated rings. The fourth-order valence-electron chi connectivity index (χ4n) is 3.30. The highest BCUT2D eigenvalue weighted by Gasteiger charge is 2.21. The van der Waals surface area contributed by atoms with E-state index >= 15 is 0 Å². The van der Waals surface area contributed by atoms with Gasteiger partial charge in [-0.05, 0) is 38.1 Å². The van der Waals surface area contributed by atoms with Crippen molar-refractivity contribution in [1.82, 2.24) is 29.6 Å². The van der Waals surface area contributed by atoms with E-state index in [2.05, 4.69) is 25.7 Å². The average Bonchev–Trinajstić information content (AvgIpc) is 3.05. The molecular formula is C18H21N7O2. The number of aryl methyl sites for hydroxylation is 1. The van der Waals surface area contributed by atoms with Gasteiger partial charge in [0.15, 0.2) is 5.82 Å². The molecule has 1 aliphatic heterocycles. The number of aromatic nitrogens is 5. The first-order chi connectivity index (χ1) is 13.1. The number of nitrogens with zero attached hydrogens (tertiary/aromatic N) is 5. The number of hydrogen-bond acceptors (Lipinski definition) is 6. The van der Waals surface area contributed by atoms with Crippen LogP contribution in [0.2, 0.25) is 0 Å². The molecule has 1 aliphatic rings. The number of anilines is 1. The van der Waals surface area contributed by atoms with Crippen molar-refractivity contribution in [3.63, 3.8) is 0 Å². The third-order valence-corrected chi connectivity index (χ3v) is 4.78. The lowest BCUT2D eigenvalue weighted by molar-refractivity contribution is -0.116. The van der Waals surface area contributed by atoms with Crippen molar-refractivity contribution in [2.45, 2.75) is 25.3 Å². The van der Waals surface area contributed by atoms with Crippen LogP contribution in [0.15, 0.2) is 35.4 Å². The van der Waals surface area contributed by atoms with Crippen molar-refractivity contribution in [1.29, 1.82) is 0 Å². The predicted molar refractivity (Wildman–Crippen MR) is 100 cm³/mol. The highest BCUT2D eigenvalue weighted by Crippen LogP contribution is 2.23. The molecule has 1 amide bonds. The smallest absolute Gasteiger partial charge is 0.261 e. The minimum Gasteiger partial charge on any atom is -0.317 e. The summed E-state index contributed by atoms with van der Waals surface area (Å²) in [5.41, 5.74) is 0.364. The van der Waals surface area contributed by atoms with Crippen molar-refractivity contribution in [3.8, 4) is 0 Å². The van der Waals surface area contributed by atoms with E-state index in [0.717, 1.165) is 31.8 Å². The Morgan fingerprint density at radius 2 is 2.07 bits per heavy atom. The van der Waals surface area contributed by atoms with Crippen LogP contribution in [0.5, 0.6) is 0 Å². The molecular weight excluding hydrogens is 346 g/mol. The van der Waals surface area contributed by atoms with Gasteiger partial charge in [0.2, 0.25) is 11.9 Å². The number of carbonyl (C=O) groups excluding carboxylic acids is 1. The Kier molecular flexibility index (Phi) is 4.68. The summed E-state index contributed by atoms with van der Waals surface area (Å²) < 4.78 is 2.86. The molecule has 3 heterocycles. The summed E-state index contributed by atoms with van der Waals surface area (Å²) >= 11 is 0. The molecule has 0 aliphatic carbocycles. The molecule has 0 unspecified atom stereocenters. The van der Waals surface area contributed by atoms with E-state index in [4.69, 9.17) is 0 Å². The van der Waals surface area contributed by atoms with Gasteiger partial charge in [0.1, 0.15) is 6.54 Å². The maximum atomic E-state index is 12.5. The fraction of sp³-hybridized carbons (Fsp3) is 0.389. The zero-order valence-corrected chi connectivity index (χ0v) is 15.1. The van der Waals surface area contributed by atoms with Crippen molar-refractivity contribution in [2.75, 3.05) is 18.4 Å². The molecule has 1 saturated heterocycles. The molecule has 27 heavy (non-hydrogen) atoms. The quantitative estimate of drug-likeness (QED) is 0.700. The highest BCUT2D eigenvalue weighted by molar-refractivity contribution is 5.89. The largest absolute Gasteiger partial charge is 0.317 e. The van der Waals surface area contributed by atoms with Crippen LogP contribution >= 0.6 is 0 Å². The van der Waals surface area contributed by atoms with Gasteiger partial charge in [-0.15, -0.1) is 0 Å². The molecule has 0 saturated carbocycles. The Morgan fingerprint density at radius 1 is 1.30 bits per heavy atom. The van der Waals surface area contributed by atoms with Gasteiger partial charge in [0.05, 0.1) is 17.2 Å². The second kappa shape index (κ2) is 7.28. The molecule has 0 radical (unpaired) electrons. The zero-order chi connectivity index (χ0) is 18.8. The lowest BCUT2D eigenvalue weighted by Crippen LogP contribution is -2.28. The van der Waals surface area contributed by atoms with Crippen LogP contribution in [0.25, 0.3) is 10.9 Å². The number of amides is 1. The second-order valence-corrected chi connectivity index (χ2v) is 6.68. The Morgan fingerprint density at radius 3 is 2.89 bits per heavy atom. The van der Waals surface area contributed by atoms with E-state index < -0.39 is 0 Å². The zero-order valence-electron chi connectivity index (χ0n) is 15.1. The summed E-state index contributed by atoms with van der Waals surface area (Å²) in [5.74, 6) is 1.09. The minimum atomic E-state index is -0.346. The lowest BCUT2D eigenvalue weighted by Gasteiger charge is -2.19. The summed E-state index contributed by atoms with van der Waals surface area (Å²) in [6.07, 6.45) is 3.35. The van der Waals surface area contributed by atoms with Gasteiger partial charge in [-0.1, -0.05) is 12.1 Å². The van der Waals surface area contributed by atoms with Gasteiger partial charge in [-0.25, -0.2) is 9.67 Å². The second-order valence-electron chi connectivity index (χ2n) is 6.68. The number of nitrogens with one attached hydrogen (secondary N) is 2. The van der Waals surface area contributed by atoms with Crippen molar-refractivity contribution in [2.24, 2.45) is 7.05 Å². The third kappa shape index (κ3) is 3.59. The summed E-state index contributed by atoms with van der Waals surface area (Å²) in [5, 5.41) is 11.0. The Bertz CT molecular complexity index is 1030. The molecule has 4 rings (SSSR count). The number of hydrogen-bond donors (Lipinski definition) is 2. The van der Waals surface area contributed by atoms with E-state index in [9.17, 15) is 9.59 Å². The third-order valence-electron chi connectivity index (χ3n) is 4.78. The van der Waals surface area contributed by atoms with Crippen LogP contribution in [0.3, 0.4) is 0 Å². The monoisotopic (exact) mass is 367 g/mol. The summed E-state index contributed by atoms with van der Waals surface area (Å²) in [4.78, 5) is 33.6. The van der Waals surface area contributed by atoms with E-state index in [0.29, 0.717) is 22.8 Å². The molecule has 140 valence electrons. The maximum Gasteiger partial charge on any atom is 0.261 e. The van der Waals surface area contributed by atoms with Gasteiger partial charge >= 0.3 is 0 Å². The first kappa shape index (κ1) is 17.3. The van der Waals surface area contributed by atoms with Crippen LogP contribution in [0.1, 0.15) is 24.6 Å². The van der Waals surface area contributed by atoms with Gasteiger partial charge in [-0.3, -0.25) is 19.5 Å². The number of benzene rings is 1. The first-order valence-corrected chi connectivity index (χ1v) is 8.97. The number of rotatable bonds is 4. The summed E-state index contributed by atoms with van der Waals surface area (Å²) in [6.45, 7) is 1.76. The molecule has 9 nitrogen and oxygen atoms in total. The Hall–Kier alpha value is -3.07. The fourth-order valence-corrected chi connectivity index (χ4v) is 3.30. The van der Waals surface area contributed by atoms with Crippen molar-refractivity contribution >= 4 is 22.8 Å². The predicted octanol–water partition coefficient (Wildman–Crippen LogP) is 0.631. The molecule has 0 bridgehead atoms. The minimum absolute atomic E-state index is 0.133. The van der Waals surface area contributed by atoms with Crippen molar-refractivity contribution < 1.29 is 4.79 Å². The molecule has 9 heteroatoms. The molecule has 0 spiro atoms. The van der Waals surface area contributed by atoms with E-state index in [1.54, 1.807) is 29.9 Å². The van der Waals surface area contributed by atoms with Gasteiger partial charge < -0.3 is 5.32 Å².